The SMILES string of the molecule is CC(NC(=O)c1ccc(NC(=S)NC(=O)c2ccc(OCCOc3ccccc3)cc2)cc1)c1ccccc1. The smallest absolute Gasteiger partial charge is 0.257 e. The molecule has 0 spiro atoms. The number of thiocarbonyl (C=S) groups is 1. The summed E-state index contributed by atoms with van der Waals surface area (Å²) in [6, 6.07) is 32.8. The Morgan fingerprint density at radius 2 is 1.21 bits per heavy atom. The maximum absolute atomic E-state index is 12.6. The number of amides is 2. The molecule has 0 aliphatic rings. The summed E-state index contributed by atoms with van der Waals surface area (Å²) in [7, 11) is 0. The first kappa shape index (κ1) is 27.3. The van der Waals surface area contributed by atoms with Crippen molar-refractivity contribution in [2.45, 2.75) is 13.0 Å². The molecule has 0 bridgehead atoms. The monoisotopic (exact) mass is 539 g/mol. The first-order valence-electron chi connectivity index (χ1n) is 12.5. The summed E-state index contributed by atoms with van der Waals surface area (Å²) in [6.07, 6.45) is 0. The third-order valence-electron chi connectivity index (χ3n) is 5.76. The van der Waals surface area contributed by atoms with Gasteiger partial charge in [0.05, 0.1) is 6.04 Å². The van der Waals surface area contributed by atoms with E-state index < -0.39 is 0 Å². The van der Waals surface area contributed by atoms with Crippen LogP contribution in [0.4, 0.5) is 5.69 Å². The van der Waals surface area contributed by atoms with Gasteiger partial charge in [0.15, 0.2) is 5.11 Å². The Morgan fingerprint density at radius 1 is 0.692 bits per heavy atom. The number of hydrogen-bond acceptors (Lipinski definition) is 5. The summed E-state index contributed by atoms with van der Waals surface area (Å²) in [6.45, 7) is 2.72. The van der Waals surface area contributed by atoms with Gasteiger partial charge in [-0.2, -0.15) is 0 Å². The van der Waals surface area contributed by atoms with Gasteiger partial charge in [0.1, 0.15) is 24.7 Å². The lowest BCUT2D eigenvalue weighted by Gasteiger charge is -2.15. The van der Waals surface area contributed by atoms with E-state index in [9.17, 15) is 9.59 Å². The van der Waals surface area contributed by atoms with Crippen molar-refractivity contribution in [1.82, 2.24) is 10.6 Å². The van der Waals surface area contributed by atoms with E-state index in [-0.39, 0.29) is 23.0 Å². The average molecular weight is 540 g/mol. The lowest BCUT2D eigenvalue weighted by Crippen LogP contribution is -2.34. The number of carbonyl (C=O) groups excluding carboxylic acids is 2. The fraction of sp³-hybridized carbons (Fsp3) is 0.129. The molecular formula is C31H29N3O4S. The quantitative estimate of drug-likeness (QED) is 0.175. The van der Waals surface area contributed by atoms with Crippen LogP contribution in [0.1, 0.15) is 39.2 Å². The average Bonchev–Trinajstić information content (AvgIpc) is 2.97. The molecule has 198 valence electrons. The highest BCUT2D eigenvalue weighted by Gasteiger charge is 2.12. The van der Waals surface area contributed by atoms with Crippen LogP contribution in [0.25, 0.3) is 0 Å². The van der Waals surface area contributed by atoms with E-state index in [0.717, 1.165) is 11.3 Å². The first-order chi connectivity index (χ1) is 19.0. The molecule has 3 N–H and O–H groups in total. The summed E-state index contributed by atoms with van der Waals surface area (Å²) in [4.78, 5) is 25.2. The summed E-state index contributed by atoms with van der Waals surface area (Å²) in [5.41, 5.74) is 2.63. The molecule has 0 fully saturated rings. The molecule has 7 nitrogen and oxygen atoms in total. The maximum atomic E-state index is 12.6. The van der Waals surface area contributed by atoms with E-state index in [2.05, 4.69) is 16.0 Å². The second kappa shape index (κ2) is 13.7. The summed E-state index contributed by atoms with van der Waals surface area (Å²) in [5, 5.41) is 8.75. The van der Waals surface area contributed by atoms with Crippen LogP contribution in [0, 0.1) is 0 Å². The fourth-order valence-corrected chi connectivity index (χ4v) is 3.90. The van der Waals surface area contributed by atoms with E-state index in [4.69, 9.17) is 21.7 Å². The fourth-order valence-electron chi connectivity index (χ4n) is 3.69. The van der Waals surface area contributed by atoms with Gasteiger partial charge in [-0.1, -0.05) is 48.5 Å². The second-order valence-electron chi connectivity index (χ2n) is 8.63. The minimum Gasteiger partial charge on any atom is -0.490 e. The number of benzene rings is 4. The molecule has 1 atom stereocenters. The van der Waals surface area contributed by atoms with Crippen molar-refractivity contribution >= 4 is 34.8 Å². The van der Waals surface area contributed by atoms with Crippen molar-refractivity contribution in [3.8, 4) is 11.5 Å². The molecule has 1 unspecified atom stereocenters. The predicted octanol–water partition coefficient (Wildman–Crippen LogP) is 5.76. The van der Waals surface area contributed by atoms with Crippen LogP contribution >= 0.6 is 12.2 Å². The topological polar surface area (TPSA) is 88.7 Å². The Bertz CT molecular complexity index is 1380. The number of rotatable bonds is 10. The minimum absolute atomic E-state index is 0.117. The summed E-state index contributed by atoms with van der Waals surface area (Å²) < 4.78 is 11.3. The molecule has 8 heteroatoms. The van der Waals surface area contributed by atoms with Gasteiger partial charge in [-0.3, -0.25) is 14.9 Å². The van der Waals surface area contributed by atoms with E-state index in [1.54, 1.807) is 48.5 Å². The zero-order chi connectivity index (χ0) is 27.5. The Balaban J connectivity index is 1.20. The number of nitrogens with one attached hydrogen (secondary N) is 3. The van der Waals surface area contributed by atoms with Crippen LogP contribution in [-0.4, -0.2) is 30.1 Å². The zero-order valence-electron chi connectivity index (χ0n) is 21.4. The number of ether oxygens (including phenoxy) is 2. The van der Waals surface area contributed by atoms with Gasteiger partial charge in [-0.05, 0) is 85.4 Å². The van der Waals surface area contributed by atoms with Crippen molar-refractivity contribution in [1.29, 1.82) is 0 Å². The highest BCUT2D eigenvalue weighted by molar-refractivity contribution is 7.80. The molecule has 0 radical (unpaired) electrons. The Hall–Kier alpha value is -4.69. The Morgan fingerprint density at radius 3 is 1.82 bits per heavy atom. The summed E-state index contributed by atoms with van der Waals surface area (Å²) >= 11 is 5.28. The predicted molar refractivity (Wildman–Crippen MR) is 156 cm³/mol. The molecule has 2 amide bonds. The lowest BCUT2D eigenvalue weighted by molar-refractivity contribution is 0.0938. The van der Waals surface area contributed by atoms with Gasteiger partial charge >= 0.3 is 0 Å². The number of hydrogen-bond donors (Lipinski definition) is 3. The Kier molecular flexibility index (Phi) is 9.63. The standard InChI is InChI=1S/C31H29N3O4S/c1-22(23-8-4-2-5-9-23)32-29(35)24-12-16-26(17-13-24)33-31(39)34-30(36)25-14-18-28(19-15-25)38-21-20-37-27-10-6-3-7-11-27/h2-19,22H,20-21H2,1H3,(H,32,35)(H2,33,34,36,39). The van der Waals surface area contributed by atoms with Gasteiger partial charge in [-0.15, -0.1) is 0 Å². The van der Waals surface area contributed by atoms with Gasteiger partial charge in [0.25, 0.3) is 11.8 Å². The van der Waals surface area contributed by atoms with Gasteiger partial charge < -0.3 is 20.1 Å². The normalized spacial score (nSPS) is 11.1. The molecular weight excluding hydrogens is 510 g/mol. The molecule has 0 heterocycles. The second-order valence-corrected chi connectivity index (χ2v) is 9.03. The lowest BCUT2D eigenvalue weighted by atomic mass is 10.1. The highest BCUT2D eigenvalue weighted by atomic mass is 32.1. The number of carbonyl (C=O) groups is 2. The molecule has 4 aromatic rings. The van der Waals surface area contributed by atoms with Crippen LogP contribution in [0.15, 0.2) is 109 Å². The van der Waals surface area contributed by atoms with Crippen molar-refractivity contribution in [2.75, 3.05) is 18.5 Å². The molecule has 0 saturated carbocycles. The van der Waals surface area contributed by atoms with E-state index in [0.29, 0.717) is 35.8 Å². The van der Waals surface area contributed by atoms with Crippen LogP contribution in [0.3, 0.4) is 0 Å². The molecule has 4 aromatic carbocycles. The van der Waals surface area contributed by atoms with Crippen LogP contribution in [0.5, 0.6) is 11.5 Å². The van der Waals surface area contributed by atoms with Crippen molar-refractivity contribution in [3.05, 3.63) is 126 Å². The summed E-state index contributed by atoms with van der Waals surface area (Å²) in [5.74, 6) is 0.890. The molecule has 39 heavy (non-hydrogen) atoms. The largest absolute Gasteiger partial charge is 0.490 e. The van der Waals surface area contributed by atoms with Crippen molar-refractivity contribution in [3.63, 3.8) is 0 Å². The van der Waals surface area contributed by atoms with Crippen LogP contribution < -0.4 is 25.4 Å². The third-order valence-corrected chi connectivity index (χ3v) is 5.96. The van der Waals surface area contributed by atoms with Gasteiger partial charge in [0, 0.05) is 16.8 Å². The first-order valence-corrected chi connectivity index (χ1v) is 12.9. The van der Waals surface area contributed by atoms with E-state index >= 15 is 0 Å². The van der Waals surface area contributed by atoms with Crippen LogP contribution in [0.2, 0.25) is 0 Å². The number of para-hydroxylation sites is 1. The van der Waals surface area contributed by atoms with E-state index in [1.165, 1.54) is 0 Å². The molecule has 0 aliphatic carbocycles. The van der Waals surface area contributed by atoms with Gasteiger partial charge in [0.2, 0.25) is 0 Å². The minimum atomic E-state index is -0.350. The van der Waals surface area contributed by atoms with Crippen molar-refractivity contribution < 1.29 is 19.1 Å². The Labute approximate surface area is 233 Å². The molecule has 0 saturated heterocycles. The maximum Gasteiger partial charge on any atom is 0.257 e. The zero-order valence-corrected chi connectivity index (χ0v) is 22.2. The van der Waals surface area contributed by atoms with Crippen molar-refractivity contribution in [2.24, 2.45) is 0 Å². The molecule has 4 rings (SSSR count). The van der Waals surface area contributed by atoms with Crippen LogP contribution in [-0.2, 0) is 0 Å². The molecule has 0 aromatic heterocycles. The van der Waals surface area contributed by atoms with Gasteiger partial charge in [-0.25, -0.2) is 0 Å². The van der Waals surface area contributed by atoms with E-state index in [1.807, 2.05) is 67.6 Å². The molecule has 0 aliphatic heterocycles. The highest BCUT2D eigenvalue weighted by Crippen LogP contribution is 2.15. The number of anilines is 1. The third kappa shape index (κ3) is 8.41.